The van der Waals surface area contributed by atoms with Gasteiger partial charge >= 0.3 is 0 Å². The normalized spacial score (nSPS) is 12.2. The van der Waals surface area contributed by atoms with E-state index in [9.17, 15) is 4.79 Å². The van der Waals surface area contributed by atoms with Gasteiger partial charge in [0.15, 0.2) is 0 Å². The number of ether oxygens (including phenoxy) is 1. The molecular formula is C15H23NO2. The highest BCUT2D eigenvalue weighted by molar-refractivity contribution is 5.80. The average molecular weight is 249 g/mol. The number of hydrogen-bond donors (Lipinski definition) is 1. The number of methoxy groups -OCH3 is 1. The minimum absolute atomic E-state index is 0.270. The predicted octanol–water partition coefficient (Wildman–Crippen LogP) is 2.59. The monoisotopic (exact) mass is 249 g/mol. The van der Waals surface area contributed by atoms with Crippen LogP contribution >= 0.6 is 0 Å². The van der Waals surface area contributed by atoms with Crippen LogP contribution in [0.15, 0.2) is 24.3 Å². The highest BCUT2D eigenvalue weighted by Gasteiger charge is 2.05. The number of rotatable bonds is 8. The van der Waals surface area contributed by atoms with Crippen LogP contribution in [-0.2, 0) is 11.2 Å². The molecule has 1 aromatic rings. The maximum atomic E-state index is 11.7. The first-order valence-corrected chi connectivity index (χ1v) is 6.53. The van der Waals surface area contributed by atoms with Gasteiger partial charge < -0.3 is 10.1 Å². The number of carbonyl (C=O) groups is 1. The standard InChI is InChI=1S/C15H23NO2/c1-4-12(2)16-11-14(17)8-5-13-6-9-15(18-3)10-7-13/h6-7,9-10,12,16H,4-5,8,11H2,1-3H3. The van der Waals surface area contributed by atoms with Gasteiger partial charge in [0, 0.05) is 12.5 Å². The Labute approximate surface area is 110 Å². The van der Waals surface area contributed by atoms with Gasteiger partial charge in [-0.1, -0.05) is 19.1 Å². The summed E-state index contributed by atoms with van der Waals surface area (Å²) in [4.78, 5) is 11.7. The third-order valence-electron chi connectivity index (χ3n) is 3.11. The summed E-state index contributed by atoms with van der Waals surface area (Å²) in [7, 11) is 1.65. The van der Waals surface area contributed by atoms with Gasteiger partial charge in [-0.2, -0.15) is 0 Å². The van der Waals surface area contributed by atoms with Crippen LogP contribution in [0.3, 0.4) is 0 Å². The molecule has 3 heteroatoms. The van der Waals surface area contributed by atoms with Gasteiger partial charge in [-0.15, -0.1) is 0 Å². The molecule has 3 nitrogen and oxygen atoms in total. The molecule has 0 saturated carbocycles. The van der Waals surface area contributed by atoms with E-state index in [-0.39, 0.29) is 5.78 Å². The van der Waals surface area contributed by atoms with Crippen molar-refractivity contribution in [2.24, 2.45) is 0 Å². The molecule has 1 aromatic carbocycles. The molecule has 0 amide bonds. The molecule has 0 aliphatic carbocycles. The van der Waals surface area contributed by atoms with Gasteiger partial charge in [-0.05, 0) is 37.5 Å². The van der Waals surface area contributed by atoms with Crippen molar-refractivity contribution < 1.29 is 9.53 Å². The maximum absolute atomic E-state index is 11.7. The summed E-state index contributed by atoms with van der Waals surface area (Å²) in [6.45, 7) is 4.68. The van der Waals surface area contributed by atoms with E-state index in [1.165, 1.54) is 5.56 Å². The predicted molar refractivity (Wildman–Crippen MR) is 74.1 cm³/mol. The smallest absolute Gasteiger partial charge is 0.146 e. The highest BCUT2D eigenvalue weighted by Crippen LogP contribution is 2.12. The second kappa shape index (κ2) is 7.88. The number of carbonyl (C=O) groups excluding carboxylic acids is 1. The van der Waals surface area contributed by atoms with E-state index in [0.717, 1.165) is 18.6 Å². The fourth-order valence-electron chi connectivity index (χ4n) is 1.60. The molecule has 0 aromatic heterocycles. The van der Waals surface area contributed by atoms with E-state index >= 15 is 0 Å². The Bertz CT molecular complexity index is 359. The number of Topliss-reactive ketones (excluding diaryl/α,β-unsaturated/α-hetero) is 1. The first kappa shape index (κ1) is 14.7. The lowest BCUT2D eigenvalue weighted by atomic mass is 10.1. The van der Waals surface area contributed by atoms with Crippen molar-refractivity contribution in [1.82, 2.24) is 5.32 Å². The first-order valence-electron chi connectivity index (χ1n) is 6.53. The number of benzene rings is 1. The Morgan fingerprint density at radius 2 is 2.00 bits per heavy atom. The molecule has 0 spiro atoms. The van der Waals surface area contributed by atoms with E-state index in [1.54, 1.807) is 7.11 Å². The van der Waals surface area contributed by atoms with Crippen molar-refractivity contribution in [3.8, 4) is 5.75 Å². The quantitative estimate of drug-likeness (QED) is 0.769. The van der Waals surface area contributed by atoms with Crippen molar-refractivity contribution >= 4 is 5.78 Å². The van der Waals surface area contributed by atoms with E-state index in [2.05, 4.69) is 19.2 Å². The molecule has 0 heterocycles. The lowest BCUT2D eigenvalue weighted by Crippen LogP contribution is -2.30. The maximum Gasteiger partial charge on any atom is 0.146 e. The van der Waals surface area contributed by atoms with Crippen molar-refractivity contribution in [2.45, 2.75) is 39.2 Å². The van der Waals surface area contributed by atoms with Crippen LogP contribution in [0.25, 0.3) is 0 Å². The molecule has 18 heavy (non-hydrogen) atoms. The van der Waals surface area contributed by atoms with Crippen molar-refractivity contribution in [3.63, 3.8) is 0 Å². The summed E-state index contributed by atoms with van der Waals surface area (Å²) in [5, 5.41) is 3.22. The topological polar surface area (TPSA) is 38.3 Å². The lowest BCUT2D eigenvalue weighted by Gasteiger charge is -2.10. The van der Waals surface area contributed by atoms with Gasteiger partial charge in [-0.3, -0.25) is 4.79 Å². The van der Waals surface area contributed by atoms with Crippen LogP contribution in [0.1, 0.15) is 32.3 Å². The van der Waals surface area contributed by atoms with Gasteiger partial charge in [0.25, 0.3) is 0 Å². The van der Waals surface area contributed by atoms with Crippen LogP contribution in [0.2, 0.25) is 0 Å². The van der Waals surface area contributed by atoms with E-state index in [4.69, 9.17) is 4.74 Å². The average Bonchev–Trinajstić information content (AvgIpc) is 2.42. The molecule has 0 saturated heterocycles. The molecule has 1 atom stereocenters. The summed E-state index contributed by atoms with van der Waals surface area (Å²) in [6, 6.07) is 8.28. The zero-order valence-corrected chi connectivity index (χ0v) is 11.5. The van der Waals surface area contributed by atoms with Crippen LogP contribution in [-0.4, -0.2) is 25.5 Å². The van der Waals surface area contributed by atoms with Gasteiger partial charge in [0.2, 0.25) is 0 Å². The van der Waals surface area contributed by atoms with Crippen LogP contribution in [0.5, 0.6) is 5.75 Å². The minimum Gasteiger partial charge on any atom is -0.497 e. The fourth-order valence-corrected chi connectivity index (χ4v) is 1.60. The molecule has 1 N–H and O–H groups in total. The zero-order chi connectivity index (χ0) is 13.4. The number of hydrogen-bond acceptors (Lipinski definition) is 3. The van der Waals surface area contributed by atoms with E-state index in [0.29, 0.717) is 19.0 Å². The molecule has 0 fully saturated rings. The summed E-state index contributed by atoms with van der Waals surface area (Å²) < 4.78 is 5.10. The summed E-state index contributed by atoms with van der Waals surface area (Å²) in [5.74, 6) is 1.12. The Balaban J connectivity index is 2.29. The first-order chi connectivity index (χ1) is 8.65. The minimum atomic E-state index is 0.270. The van der Waals surface area contributed by atoms with Crippen molar-refractivity contribution in [3.05, 3.63) is 29.8 Å². The number of ketones is 1. The zero-order valence-electron chi connectivity index (χ0n) is 11.5. The van der Waals surface area contributed by atoms with Crippen LogP contribution < -0.4 is 10.1 Å². The van der Waals surface area contributed by atoms with Crippen molar-refractivity contribution in [1.29, 1.82) is 0 Å². The van der Waals surface area contributed by atoms with Crippen LogP contribution in [0.4, 0.5) is 0 Å². The third-order valence-corrected chi connectivity index (χ3v) is 3.11. The fraction of sp³-hybridized carbons (Fsp3) is 0.533. The SMILES string of the molecule is CCC(C)NCC(=O)CCc1ccc(OC)cc1. The van der Waals surface area contributed by atoms with Gasteiger partial charge in [-0.25, -0.2) is 0 Å². The molecule has 1 unspecified atom stereocenters. The highest BCUT2D eigenvalue weighted by atomic mass is 16.5. The molecule has 0 aliphatic rings. The Morgan fingerprint density at radius 1 is 1.33 bits per heavy atom. The van der Waals surface area contributed by atoms with Crippen molar-refractivity contribution in [2.75, 3.05) is 13.7 Å². The Hall–Kier alpha value is -1.35. The molecule has 1 rings (SSSR count). The second-order valence-electron chi connectivity index (χ2n) is 4.58. The molecule has 100 valence electrons. The lowest BCUT2D eigenvalue weighted by molar-refractivity contribution is -0.118. The molecular weight excluding hydrogens is 226 g/mol. The molecule has 0 aliphatic heterocycles. The number of aryl methyl sites for hydroxylation is 1. The van der Waals surface area contributed by atoms with Crippen LogP contribution in [0, 0.1) is 0 Å². The van der Waals surface area contributed by atoms with Gasteiger partial charge in [0.1, 0.15) is 11.5 Å². The second-order valence-corrected chi connectivity index (χ2v) is 4.58. The number of nitrogens with one attached hydrogen (secondary N) is 1. The Morgan fingerprint density at radius 3 is 2.56 bits per heavy atom. The van der Waals surface area contributed by atoms with E-state index in [1.807, 2.05) is 24.3 Å². The summed E-state index contributed by atoms with van der Waals surface area (Å²) in [6.07, 6.45) is 2.44. The molecule has 0 bridgehead atoms. The molecule has 0 radical (unpaired) electrons. The Kier molecular flexibility index (Phi) is 6.44. The summed E-state index contributed by atoms with van der Waals surface area (Å²) in [5.41, 5.74) is 1.17. The third kappa shape index (κ3) is 5.32. The largest absolute Gasteiger partial charge is 0.497 e. The summed E-state index contributed by atoms with van der Waals surface area (Å²) >= 11 is 0. The van der Waals surface area contributed by atoms with E-state index < -0.39 is 0 Å². The van der Waals surface area contributed by atoms with Gasteiger partial charge in [0.05, 0.1) is 13.7 Å².